The molecule has 1 heterocycles. The minimum absolute atomic E-state index is 0.0555. The molecular weight excluding hydrogens is 240 g/mol. The molecule has 0 aliphatic carbocycles. The zero-order valence-electron chi connectivity index (χ0n) is 9.66. The Morgan fingerprint density at radius 2 is 2.38 bits per heavy atom. The van der Waals surface area contributed by atoms with Gasteiger partial charge in [0.25, 0.3) is 0 Å². The van der Waals surface area contributed by atoms with Gasteiger partial charge in [-0.15, -0.1) is 11.3 Å². The summed E-state index contributed by atoms with van der Waals surface area (Å²) in [6.07, 6.45) is 2.75. The molecule has 0 spiro atoms. The highest BCUT2D eigenvalue weighted by Gasteiger charge is 2.12. The molecule has 0 aromatic carbocycles. The summed E-state index contributed by atoms with van der Waals surface area (Å²) in [5.41, 5.74) is 5.75. The second kappa shape index (κ2) is 6.93. The molecule has 1 aromatic rings. The fourth-order valence-electron chi connectivity index (χ4n) is 1.26. The van der Waals surface area contributed by atoms with Crippen molar-refractivity contribution in [2.75, 3.05) is 12.0 Å². The van der Waals surface area contributed by atoms with Crippen molar-refractivity contribution >= 4 is 29.0 Å². The molecule has 16 heavy (non-hydrogen) atoms. The number of thioether (sulfide) groups is 1. The molecule has 0 saturated heterocycles. The van der Waals surface area contributed by atoms with Gasteiger partial charge in [-0.05, 0) is 37.5 Å². The second-order valence-corrected chi connectivity index (χ2v) is 5.98. The van der Waals surface area contributed by atoms with Gasteiger partial charge in [-0.1, -0.05) is 0 Å². The predicted molar refractivity (Wildman–Crippen MR) is 71.9 cm³/mol. The van der Waals surface area contributed by atoms with Crippen LogP contribution in [0.3, 0.4) is 0 Å². The SMILES string of the molecule is CSCC[C@H](N)C(=O)NCc1ccc(C)s1. The number of rotatable bonds is 6. The topological polar surface area (TPSA) is 55.1 Å². The largest absolute Gasteiger partial charge is 0.350 e. The molecule has 0 bridgehead atoms. The monoisotopic (exact) mass is 258 g/mol. The number of thiophene rings is 1. The molecule has 1 rings (SSSR count). The maximum atomic E-state index is 11.6. The average molecular weight is 258 g/mol. The molecule has 0 fully saturated rings. The normalized spacial score (nSPS) is 12.4. The molecule has 1 amide bonds. The fraction of sp³-hybridized carbons (Fsp3) is 0.545. The Balaban J connectivity index is 2.29. The lowest BCUT2D eigenvalue weighted by atomic mass is 10.2. The molecular formula is C11H18N2OS2. The molecule has 3 nitrogen and oxygen atoms in total. The van der Waals surface area contributed by atoms with Crippen LogP contribution >= 0.6 is 23.1 Å². The number of hydrogen-bond donors (Lipinski definition) is 2. The highest BCUT2D eigenvalue weighted by atomic mass is 32.2. The van der Waals surface area contributed by atoms with Gasteiger partial charge in [0, 0.05) is 9.75 Å². The van der Waals surface area contributed by atoms with Crippen molar-refractivity contribution < 1.29 is 4.79 Å². The summed E-state index contributed by atoms with van der Waals surface area (Å²) in [5, 5.41) is 2.86. The van der Waals surface area contributed by atoms with Gasteiger partial charge in [-0.2, -0.15) is 11.8 Å². The van der Waals surface area contributed by atoms with Crippen molar-refractivity contribution in [2.24, 2.45) is 5.73 Å². The lowest BCUT2D eigenvalue weighted by molar-refractivity contribution is -0.122. The minimum atomic E-state index is -0.381. The molecule has 3 N–H and O–H groups in total. The Morgan fingerprint density at radius 3 is 2.94 bits per heavy atom. The van der Waals surface area contributed by atoms with Gasteiger partial charge in [0.15, 0.2) is 0 Å². The van der Waals surface area contributed by atoms with E-state index in [1.54, 1.807) is 23.1 Å². The highest BCUT2D eigenvalue weighted by molar-refractivity contribution is 7.98. The molecule has 1 aromatic heterocycles. The maximum absolute atomic E-state index is 11.6. The third kappa shape index (κ3) is 4.55. The smallest absolute Gasteiger partial charge is 0.237 e. The molecule has 0 saturated carbocycles. The lowest BCUT2D eigenvalue weighted by Crippen LogP contribution is -2.40. The van der Waals surface area contributed by atoms with Crippen molar-refractivity contribution in [3.8, 4) is 0 Å². The van der Waals surface area contributed by atoms with Gasteiger partial charge in [0.2, 0.25) is 5.91 Å². The number of carbonyl (C=O) groups is 1. The van der Waals surface area contributed by atoms with Crippen molar-refractivity contribution in [1.82, 2.24) is 5.32 Å². The summed E-state index contributed by atoms with van der Waals surface area (Å²) >= 11 is 3.41. The number of nitrogens with one attached hydrogen (secondary N) is 1. The quantitative estimate of drug-likeness (QED) is 0.817. The van der Waals surface area contributed by atoms with Gasteiger partial charge in [-0.25, -0.2) is 0 Å². The van der Waals surface area contributed by atoms with E-state index in [1.807, 2.05) is 12.3 Å². The summed E-state index contributed by atoms with van der Waals surface area (Å²) in [6, 6.07) is 3.71. The predicted octanol–water partition coefficient (Wildman–Crippen LogP) is 1.75. The Bertz CT molecular complexity index is 338. The second-order valence-electron chi connectivity index (χ2n) is 3.62. The van der Waals surface area contributed by atoms with E-state index >= 15 is 0 Å². The van der Waals surface area contributed by atoms with Crippen molar-refractivity contribution in [1.29, 1.82) is 0 Å². The lowest BCUT2D eigenvalue weighted by Gasteiger charge is -2.10. The third-order valence-corrected chi connectivity index (χ3v) is 3.85. The van der Waals surface area contributed by atoms with Crippen LogP contribution in [0.1, 0.15) is 16.2 Å². The van der Waals surface area contributed by atoms with Crippen LogP contribution in [0, 0.1) is 6.92 Å². The maximum Gasteiger partial charge on any atom is 0.237 e. The summed E-state index contributed by atoms with van der Waals surface area (Å²) in [6.45, 7) is 2.64. The first-order valence-corrected chi connectivity index (χ1v) is 7.42. The van der Waals surface area contributed by atoms with Crippen LogP contribution in [0.25, 0.3) is 0 Å². The molecule has 0 unspecified atom stereocenters. The third-order valence-electron chi connectivity index (χ3n) is 2.20. The number of amides is 1. The minimum Gasteiger partial charge on any atom is -0.350 e. The summed E-state index contributed by atoms with van der Waals surface area (Å²) in [5.74, 6) is 0.868. The van der Waals surface area contributed by atoms with Crippen molar-refractivity contribution in [3.05, 3.63) is 21.9 Å². The number of nitrogens with two attached hydrogens (primary N) is 1. The molecule has 0 aliphatic heterocycles. The standard InChI is InChI=1S/C11H18N2OS2/c1-8-3-4-9(16-8)7-13-11(14)10(12)5-6-15-2/h3-4,10H,5-7,12H2,1-2H3,(H,13,14)/t10-/m0/s1. The Hall–Kier alpha value is -0.520. The summed E-state index contributed by atoms with van der Waals surface area (Å²) in [4.78, 5) is 14.0. The van der Waals surface area contributed by atoms with E-state index in [0.29, 0.717) is 6.54 Å². The molecule has 1 atom stereocenters. The molecule has 0 aliphatic rings. The van der Waals surface area contributed by atoms with E-state index in [1.165, 1.54) is 9.75 Å². The van der Waals surface area contributed by atoms with E-state index < -0.39 is 0 Å². The van der Waals surface area contributed by atoms with Crippen molar-refractivity contribution in [3.63, 3.8) is 0 Å². The number of aryl methyl sites for hydroxylation is 1. The van der Waals surface area contributed by atoms with E-state index in [0.717, 1.165) is 12.2 Å². The first-order valence-electron chi connectivity index (χ1n) is 5.21. The van der Waals surface area contributed by atoms with Gasteiger partial charge in [-0.3, -0.25) is 4.79 Å². The first kappa shape index (κ1) is 13.5. The van der Waals surface area contributed by atoms with Gasteiger partial charge in [0.1, 0.15) is 0 Å². The van der Waals surface area contributed by atoms with Crippen LogP contribution in [0.15, 0.2) is 12.1 Å². The van der Waals surface area contributed by atoms with Crippen molar-refractivity contribution in [2.45, 2.75) is 25.9 Å². The van der Waals surface area contributed by atoms with E-state index in [9.17, 15) is 4.79 Å². The zero-order valence-corrected chi connectivity index (χ0v) is 11.3. The first-order chi connectivity index (χ1) is 7.63. The van der Waals surface area contributed by atoms with Crippen LogP contribution in [-0.4, -0.2) is 24.0 Å². The molecule has 90 valence electrons. The Kier molecular flexibility index (Phi) is 5.87. The average Bonchev–Trinajstić information content (AvgIpc) is 2.68. The van der Waals surface area contributed by atoms with E-state index in [-0.39, 0.29) is 11.9 Å². The Morgan fingerprint density at radius 1 is 1.62 bits per heavy atom. The van der Waals surface area contributed by atoms with Gasteiger partial charge < -0.3 is 11.1 Å². The number of hydrogen-bond acceptors (Lipinski definition) is 4. The van der Waals surface area contributed by atoms with Gasteiger partial charge >= 0.3 is 0 Å². The van der Waals surface area contributed by atoms with Gasteiger partial charge in [0.05, 0.1) is 12.6 Å². The van der Waals surface area contributed by atoms with Crippen LogP contribution < -0.4 is 11.1 Å². The zero-order chi connectivity index (χ0) is 12.0. The van der Waals surface area contributed by atoms with Crippen LogP contribution in [0.2, 0.25) is 0 Å². The highest BCUT2D eigenvalue weighted by Crippen LogP contribution is 2.14. The van der Waals surface area contributed by atoms with Crippen LogP contribution in [-0.2, 0) is 11.3 Å². The van der Waals surface area contributed by atoms with Crippen LogP contribution in [0.5, 0.6) is 0 Å². The summed E-state index contributed by atoms with van der Waals surface area (Å²) in [7, 11) is 0. The van der Waals surface area contributed by atoms with E-state index in [4.69, 9.17) is 5.73 Å². The van der Waals surface area contributed by atoms with E-state index in [2.05, 4.69) is 18.3 Å². The fourth-order valence-corrected chi connectivity index (χ4v) is 2.58. The molecule has 5 heteroatoms. The van der Waals surface area contributed by atoms with Crippen LogP contribution in [0.4, 0.5) is 0 Å². The number of carbonyl (C=O) groups excluding carboxylic acids is 1. The Labute approximate surface area is 105 Å². The molecule has 0 radical (unpaired) electrons. The summed E-state index contributed by atoms with van der Waals surface area (Å²) < 4.78 is 0.